The van der Waals surface area contributed by atoms with E-state index < -0.39 is 29.1 Å². The van der Waals surface area contributed by atoms with Crippen molar-refractivity contribution >= 4 is 11.9 Å². The summed E-state index contributed by atoms with van der Waals surface area (Å²) in [7, 11) is 0. The third-order valence-corrected chi connectivity index (χ3v) is 3.37. The Hall–Kier alpha value is -1.91. The fourth-order valence-electron chi connectivity index (χ4n) is 2.06. The molecule has 0 spiro atoms. The Morgan fingerprint density at radius 1 is 1.22 bits per heavy atom. The summed E-state index contributed by atoms with van der Waals surface area (Å²) in [5.41, 5.74) is -0.577. The molecule has 0 bridgehead atoms. The Kier molecular flexibility index (Phi) is 4.06. The molecule has 0 heterocycles. The highest BCUT2D eigenvalue weighted by atomic mass is 19.1. The minimum absolute atomic E-state index is 0.321. The van der Waals surface area contributed by atoms with E-state index in [0.29, 0.717) is 12.0 Å². The van der Waals surface area contributed by atoms with Gasteiger partial charge in [-0.2, -0.15) is 0 Å². The third-order valence-electron chi connectivity index (χ3n) is 3.37. The maximum Gasteiger partial charge on any atom is 0.318 e. The van der Waals surface area contributed by atoms with E-state index in [1.807, 2.05) is 0 Å². The molecule has 98 valence electrons. The quantitative estimate of drug-likeness (QED) is 0.790. The molecule has 1 atom stereocenters. The first-order chi connectivity index (χ1) is 8.32. The molecule has 0 aliphatic rings. The van der Waals surface area contributed by atoms with Gasteiger partial charge in [0.2, 0.25) is 0 Å². The summed E-state index contributed by atoms with van der Waals surface area (Å²) >= 11 is 0. The zero-order valence-electron chi connectivity index (χ0n) is 10.2. The van der Waals surface area contributed by atoms with Crippen LogP contribution in [0, 0.1) is 11.7 Å². The molecular weight excluding hydrogens is 239 g/mol. The number of carboxylic acids is 2. The maximum absolute atomic E-state index is 12.9. The van der Waals surface area contributed by atoms with Crippen molar-refractivity contribution in [3.8, 4) is 0 Å². The van der Waals surface area contributed by atoms with Crippen LogP contribution >= 0.6 is 0 Å². The van der Waals surface area contributed by atoms with E-state index in [4.69, 9.17) is 10.2 Å². The number of carbonyl (C=O) groups is 2. The van der Waals surface area contributed by atoms with Crippen LogP contribution < -0.4 is 0 Å². The van der Waals surface area contributed by atoms with E-state index in [-0.39, 0.29) is 0 Å². The van der Waals surface area contributed by atoms with E-state index in [9.17, 15) is 14.0 Å². The molecule has 0 aliphatic carbocycles. The average molecular weight is 254 g/mol. The van der Waals surface area contributed by atoms with Gasteiger partial charge in [0.05, 0.1) is 0 Å². The van der Waals surface area contributed by atoms with Gasteiger partial charge in [-0.25, -0.2) is 4.39 Å². The van der Waals surface area contributed by atoms with Gasteiger partial charge >= 0.3 is 11.9 Å². The fourth-order valence-corrected chi connectivity index (χ4v) is 2.06. The van der Waals surface area contributed by atoms with Crippen molar-refractivity contribution in [3.63, 3.8) is 0 Å². The average Bonchev–Trinajstić information content (AvgIpc) is 2.28. The second-order valence-electron chi connectivity index (χ2n) is 4.39. The Morgan fingerprint density at radius 3 is 2.00 bits per heavy atom. The highest BCUT2D eigenvalue weighted by molar-refractivity contribution is 5.94. The number of hydrogen-bond acceptors (Lipinski definition) is 2. The van der Waals surface area contributed by atoms with Crippen LogP contribution in [0.5, 0.6) is 0 Å². The molecule has 1 aromatic rings. The SMILES string of the molecule is CCC(C)(c1ccc(F)cc1)C(C(=O)O)C(=O)O. The van der Waals surface area contributed by atoms with E-state index in [0.717, 1.165) is 0 Å². The van der Waals surface area contributed by atoms with Crippen molar-refractivity contribution in [3.05, 3.63) is 35.6 Å². The highest BCUT2D eigenvalue weighted by Gasteiger charge is 2.44. The van der Waals surface area contributed by atoms with Crippen molar-refractivity contribution in [1.82, 2.24) is 0 Å². The van der Waals surface area contributed by atoms with Crippen LogP contribution in [0.25, 0.3) is 0 Å². The maximum atomic E-state index is 12.9. The minimum Gasteiger partial charge on any atom is -0.481 e. The molecule has 4 nitrogen and oxygen atoms in total. The lowest BCUT2D eigenvalue weighted by molar-refractivity contribution is -0.158. The molecule has 2 N–H and O–H groups in total. The molecule has 0 saturated carbocycles. The first kappa shape index (κ1) is 14.2. The van der Waals surface area contributed by atoms with E-state index in [1.165, 1.54) is 24.3 Å². The van der Waals surface area contributed by atoms with Gasteiger partial charge in [0, 0.05) is 5.41 Å². The summed E-state index contributed by atoms with van der Waals surface area (Å²) in [6.45, 7) is 3.27. The van der Waals surface area contributed by atoms with E-state index in [2.05, 4.69) is 0 Å². The Labute approximate surface area is 104 Å². The Bertz CT molecular complexity index is 441. The fraction of sp³-hybridized carbons (Fsp3) is 0.385. The van der Waals surface area contributed by atoms with Gasteiger partial charge in [0.25, 0.3) is 0 Å². The van der Waals surface area contributed by atoms with Gasteiger partial charge in [-0.05, 0) is 24.1 Å². The topological polar surface area (TPSA) is 74.6 Å². The lowest BCUT2D eigenvalue weighted by atomic mass is 9.70. The predicted octanol–water partition coefficient (Wildman–Crippen LogP) is 2.28. The molecule has 1 aromatic carbocycles. The van der Waals surface area contributed by atoms with Crippen LogP contribution in [0.4, 0.5) is 4.39 Å². The zero-order valence-corrected chi connectivity index (χ0v) is 10.2. The molecule has 5 heteroatoms. The molecule has 0 aliphatic heterocycles. The molecule has 0 saturated heterocycles. The Balaban J connectivity index is 3.30. The van der Waals surface area contributed by atoms with Crippen molar-refractivity contribution in [2.75, 3.05) is 0 Å². The van der Waals surface area contributed by atoms with Crippen LogP contribution in [-0.2, 0) is 15.0 Å². The summed E-state index contributed by atoms with van der Waals surface area (Å²) in [4.78, 5) is 22.3. The van der Waals surface area contributed by atoms with Crippen molar-refractivity contribution < 1.29 is 24.2 Å². The van der Waals surface area contributed by atoms with Crippen LogP contribution in [-0.4, -0.2) is 22.2 Å². The summed E-state index contributed by atoms with van der Waals surface area (Å²) in [5.74, 6) is -4.79. The van der Waals surface area contributed by atoms with Gasteiger partial charge in [-0.3, -0.25) is 9.59 Å². The summed E-state index contributed by atoms with van der Waals surface area (Å²) in [5, 5.41) is 18.1. The van der Waals surface area contributed by atoms with Crippen molar-refractivity contribution in [1.29, 1.82) is 0 Å². The van der Waals surface area contributed by atoms with E-state index in [1.54, 1.807) is 13.8 Å². The smallest absolute Gasteiger partial charge is 0.318 e. The molecule has 0 amide bonds. The molecule has 0 radical (unpaired) electrons. The molecule has 0 aromatic heterocycles. The Morgan fingerprint density at radius 2 is 1.67 bits per heavy atom. The lowest BCUT2D eigenvalue weighted by Crippen LogP contribution is -2.42. The number of carboxylic acid groups (broad SMARTS) is 2. The normalized spacial score (nSPS) is 14.2. The van der Waals surface area contributed by atoms with Crippen molar-refractivity contribution in [2.24, 2.45) is 5.92 Å². The van der Waals surface area contributed by atoms with Gasteiger partial charge in [-0.1, -0.05) is 26.0 Å². The van der Waals surface area contributed by atoms with Gasteiger partial charge in [-0.15, -0.1) is 0 Å². The highest BCUT2D eigenvalue weighted by Crippen LogP contribution is 2.36. The second-order valence-corrected chi connectivity index (χ2v) is 4.39. The summed E-state index contributed by atoms with van der Waals surface area (Å²) in [6, 6.07) is 5.25. The number of rotatable bonds is 5. The summed E-state index contributed by atoms with van der Waals surface area (Å²) in [6.07, 6.45) is 0.321. The predicted molar refractivity (Wildman–Crippen MR) is 62.8 cm³/mol. The number of aliphatic carboxylic acids is 2. The molecule has 1 rings (SSSR count). The standard InChI is InChI=1S/C13H15FO4/c1-3-13(2,10(11(15)16)12(17)18)8-4-6-9(14)7-5-8/h4-7,10H,3H2,1-2H3,(H,15,16)(H,17,18). The van der Waals surface area contributed by atoms with Gasteiger partial charge in [0.1, 0.15) is 5.82 Å². The first-order valence-electron chi connectivity index (χ1n) is 5.54. The van der Waals surface area contributed by atoms with E-state index >= 15 is 0 Å². The van der Waals surface area contributed by atoms with Crippen LogP contribution in [0.2, 0.25) is 0 Å². The molecule has 0 fully saturated rings. The van der Waals surface area contributed by atoms with Crippen molar-refractivity contribution in [2.45, 2.75) is 25.7 Å². The number of hydrogen-bond donors (Lipinski definition) is 2. The molecule has 1 unspecified atom stereocenters. The third kappa shape index (κ3) is 2.50. The zero-order chi connectivity index (χ0) is 13.9. The number of halogens is 1. The second kappa shape index (κ2) is 5.16. The first-order valence-corrected chi connectivity index (χ1v) is 5.54. The van der Waals surface area contributed by atoms with Crippen LogP contribution in [0.15, 0.2) is 24.3 Å². The monoisotopic (exact) mass is 254 g/mol. The van der Waals surface area contributed by atoms with Crippen LogP contribution in [0.1, 0.15) is 25.8 Å². The van der Waals surface area contributed by atoms with Gasteiger partial charge < -0.3 is 10.2 Å². The van der Waals surface area contributed by atoms with Crippen LogP contribution in [0.3, 0.4) is 0 Å². The molecule has 18 heavy (non-hydrogen) atoms. The number of benzene rings is 1. The molecular formula is C13H15FO4. The van der Waals surface area contributed by atoms with Gasteiger partial charge in [0.15, 0.2) is 5.92 Å². The lowest BCUT2D eigenvalue weighted by Gasteiger charge is -2.32. The summed E-state index contributed by atoms with van der Waals surface area (Å²) < 4.78 is 12.9. The minimum atomic E-state index is -1.56. The largest absolute Gasteiger partial charge is 0.481 e.